The Morgan fingerprint density at radius 3 is 1.52 bits per heavy atom. The van der Waals surface area contributed by atoms with E-state index in [1.807, 2.05) is 0 Å². The second kappa shape index (κ2) is 9.48. The summed E-state index contributed by atoms with van der Waals surface area (Å²) in [6, 6.07) is 11.0. The summed E-state index contributed by atoms with van der Waals surface area (Å²) in [7, 11) is -0.382. The van der Waals surface area contributed by atoms with Crippen LogP contribution in [0.1, 0.15) is 102 Å². The number of alkyl halides is 1. The van der Waals surface area contributed by atoms with Gasteiger partial charge in [-0.1, -0.05) is 0 Å². The third-order valence-electron chi connectivity index (χ3n) is 8.04. The van der Waals surface area contributed by atoms with E-state index in [9.17, 15) is 0 Å². The predicted octanol–water partition coefficient (Wildman–Crippen LogP) is 9.09. The normalized spacial score (nSPS) is 20.1. The SMILES string of the molecule is CC1(C)OB(/C(CCCl)=[C](/c2ccccc2)[Sn]([C](C)(C)C)([C](C)(C)C)[C](C)(C)C)OC1(C)C. The van der Waals surface area contributed by atoms with E-state index in [1.54, 1.807) is 0 Å². The van der Waals surface area contributed by atoms with Crippen LogP contribution in [0.4, 0.5) is 0 Å². The van der Waals surface area contributed by atoms with Gasteiger partial charge in [-0.15, -0.1) is 0 Å². The Kier molecular flexibility index (Phi) is 8.41. The Bertz CT molecular complexity index is 803. The number of benzene rings is 1. The fraction of sp³-hybridized carbons (Fsp3) is 0.714. The molecule has 1 aromatic rings. The van der Waals surface area contributed by atoms with Crippen molar-refractivity contribution in [2.24, 2.45) is 0 Å². The standard InChI is InChI=1S/C16H21BClO2.3C4H9.Sn/c1-15(2)16(3,4)20-17(19-15)14(10-11-18)12-13-8-6-5-7-9-13;3*1-4(2)3;/h5-9H,10-11H2,1-4H3;3*1-3H3;. The Morgan fingerprint density at radius 2 is 1.18 bits per heavy atom. The van der Waals surface area contributed by atoms with Gasteiger partial charge < -0.3 is 0 Å². The Balaban J connectivity index is 3.10. The van der Waals surface area contributed by atoms with E-state index in [0.29, 0.717) is 5.88 Å². The van der Waals surface area contributed by atoms with Crippen molar-refractivity contribution in [3.63, 3.8) is 0 Å². The molecular formula is C28H48BClO2Sn. The van der Waals surface area contributed by atoms with E-state index in [1.165, 1.54) is 14.6 Å². The number of hydrogen-bond donors (Lipinski definition) is 0. The van der Waals surface area contributed by atoms with Crippen molar-refractivity contribution in [3.05, 3.63) is 41.4 Å². The zero-order valence-corrected chi connectivity index (χ0v) is 27.2. The molecule has 0 aromatic heterocycles. The average Bonchev–Trinajstić information content (AvgIpc) is 2.82. The summed E-state index contributed by atoms with van der Waals surface area (Å²) in [5, 5.41) is 0. The van der Waals surface area contributed by atoms with E-state index in [4.69, 9.17) is 20.9 Å². The molecule has 0 unspecified atom stereocenters. The number of halogens is 1. The van der Waals surface area contributed by atoms with Crippen molar-refractivity contribution >= 4 is 40.7 Å². The van der Waals surface area contributed by atoms with Crippen LogP contribution in [-0.2, 0) is 9.31 Å². The van der Waals surface area contributed by atoms with Gasteiger partial charge in [-0.05, 0) is 0 Å². The summed E-state index contributed by atoms with van der Waals surface area (Å²) >= 11 is 3.05. The topological polar surface area (TPSA) is 18.5 Å². The van der Waals surface area contributed by atoms with Crippen molar-refractivity contribution in [1.82, 2.24) is 0 Å². The minimum absolute atomic E-state index is 0.150. The van der Waals surface area contributed by atoms with Crippen LogP contribution in [0, 0.1) is 0 Å². The van der Waals surface area contributed by atoms with Crippen molar-refractivity contribution in [3.8, 4) is 0 Å². The number of hydrogen-bond acceptors (Lipinski definition) is 2. The van der Waals surface area contributed by atoms with Gasteiger partial charge in [-0.3, -0.25) is 0 Å². The molecule has 33 heavy (non-hydrogen) atoms. The van der Waals surface area contributed by atoms with Crippen LogP contribution in [0.5, 0.6) is 0 Å². The predicted molar refractivity (Wildman–Crippen MR) is 150 cm³/mol. The molecule has 0 atom stereocenters. The molecule has 1 saturated heterocycles. The van der Waals surface area contributed by atoms with E-state index in [0.717, 1.165) is 6.42 Å². The molecule has 5 heteroatoms. The summed E-state index contributed by atoms with van der Waals surface area (Å²) < 4.78 is 15.4. The monoisotopic (exact) mass is 582 g/mol. The van der Waals surface area contributed by atoms with Crippen LogP contribution in [0.15, 0.2) is 35.8 Å². The van der Waals surface area contributed by atoms with Crippen LogP contribution in [-0.4, -0.2) is 42.6 Å². The molecule has 0 bridgehead atoms. The molecule has 2 rings (SSSR count). The molecule has 1 aromatic carbocycles. The first-order valence-electron chi connectivity index (χ1n) is 12.4. The molecule has 0 radical (unpaired) electrons. The van der Waals surface area contributed by atoms with Gasteiger partial charge in [0, 0.05) is 0 Å². The molecule has 1 fully saturated rings. The van der Waals surface area contributed by atoms with Gasteiger partial charge in [0.25, 0.3) is 0 Å². The maximum absolute atomic E-state index is 6.71. The Labute approximate surface area is 214 Å². The van der Waals surface area contributed by atoms with Gasteiger partial charge in [-0.2, -0.15) is 0 Å². The first-order chi connectivity index (χ1) is 14.7. The molecule has 0 saturated carbocycles. The molecule has 0 N–H and O–H groups in total. The zero-order chi connectivity index (χ0) is 25.7. The number of rotatable bonds is 5. The minimum atomic E-state index is -3.47. The van der Waals surface area contributed by atoms with Gasteiger partial charge in [0.15, 0.2) is 0 Å². The zero-order valence-electron chi connectivity index (χ0n) is 23.6. The molecule has 0 spiro atoms. The van der Waals surface area contributed by atoms with E-state index in [-0.39, 0.29) is 28.6 Å². The van der Waals surface area contributed by atoms with E-state index >= 15 is 0 Å². The summed E-state index contributed by atoms with van der Waals surface area (Å²) in [6.07, 6.45) is 0.767. The summed E-state index contributed by atoms with van der Waals surface area (Å²) in [5.41, 5.74) is 1.81. The first-order valence-corrected chi connectivity index (χ1v) is 18.7. The third-order valence-corrected chi connectivity index (χ3v) is 31.4. The van der Waals surface area contributed by atoms with Gasteiger partial charge in [0.05, 0.1) is 0 Å². The van der Waals surface area contributed by atoms with Gasteiger partial charge in [0.2, 0.25) is 0 Å². The molecule has 1 aliphatic heterocycles. The van der Waals surface area contributed by atoms with Gasteiger partial charge in [0.1, 0.15) is 0 Å². The quantitative estimate of drug-likeness (QED) is 0.255. The van der Waals surface area contributed by atoms with E-state index in [2.05, 4.69) is 120 Å². The Morgan fingerprint density at radius 1 is 0.788 bits per heavy atom. The average molecular weight is 582 g/mol. The summed E-state index contributed by atoms with van der Waals surface area (Å²) in [4.78, 5) is 0. The van der Waals surface area contributed by atoms with E-state index < -0.39 is 18.4 Å². The maximum atomic E-state index is 6.71. The first kappa shape index (κ1) is 29.3. The van der Waals surface area contributed by atoms with Crippen LogP contribution < -0.4 is 0 Å². The Hall–Kier alpha value is 0.0336. The molecule has 0 amide bonds. The third kappa shape index (κ3) is 5.13. The van der Waals surface area contributed by atoms with Crippen molar-refractivity contribution in [1.29, 1.82) is 0 Å². The van der Waals surface area contributed by atoms with Gasteiger partial charge in [-0.25, -0.2) is 0 Å². The van der Waals surface area contributed by atoms with Crippen molar-refractivity contribution < 1.29 is 9.31 Å². The van der Waals surface area contributed by atoms with Gasteiger partial charge >= 0.3 is 215 Å². The second-order valence-electron chi connectivity index (χ2n) is 13.8. The molecule has 1 heterocycles. The molecule has 2 nitrogen and oxygen atoms in total. The summed E-state index contributed by atoms with van der Waals surface area (Å²) in [5.74, 6) is 0.552. The van der Waals surface area contributed by atoms with Crippen molar-refractivity contribution in [2.75, 3.05) is 5.88 Å². The second-order valence-corrected chi connectivity index (χ2v) is 32.7. The number of allylic oxidation sites excluding steroid dienone is 1. The molecule has 0 aliphatic carbocycles. The molecule has 186 valence electrons. The van der Waals surface area contributed by atoms with Crippen LogP contribution in [0.2, 0.25) is 10.3 Å². The molecule has 1 aliphatic rings. The summed E-state index contributed by atoms with van der Waals surface area (Å²) in [6.45, 7) is 30.9. The fourth-order valence-corrected chi connectivity index (χ4v) is 36.9. The van der Waals surface area contributed by atoms with Crippen LogP contribution >= 0.6 is 11.6 Å². The van der Waals surface area contributed by atoms with Crippen LogP contribution in [0.3, 0.4) is 0 Å². The van der Waals surface area contributed by atoms with Crippen LogP contribution in [0.25, 0.3) is 3.59 Å². The van der Waals surface area contributed by atoms with Crippen molar-refractivity contribution in [2.45, 2.75) is 118 Å². The fourth-order valence-electron chi connectivity index (χ4n) is 7.20. The molecular weight excluding hydrogens is 533 g/mol.